The first-order chi connectivity index (χ1) is 7.89. The van der Waals surface area contributed by atoms with Gasteiger partial charge in [-0.05, 0) is 37.8 Å². The fourth-order valence-electron chi connectivity index (χ4n) is 1.81. The Kier molecular flexibility index (Phi) is 4.96. The summed E-state index contributed by atoms with van der Waals surface area (Å²) in [6.45, 7) is 9.42. The van der Waals surface area contributed by atoms with Crippen molar-refractivity contribution in [3.8, 4) is 0 Å². The monoisotopic (exact) mass is 252 g/mol. The van der Waals surface area contributed by atoms with Crippen molar-refractivity contribution in [1.82, 2.24) is 0 Å². The molecule has 17 heavy (non-hydrogen) atoms. The quantitative estimate of drug-likeness (QED) is 0.718. The molecule has 0 aliphatic heterocycles. The van der Waals surface area contributed by atoms with E-state index in [0.29, 0.717) is 0 Å². The van der Waals surface area contributed by atoms with Crippen LogP contribution in [0.3, 0.4) is 0 Å². The molecule has 1 nitrogen and oxygen atoms in total. The van der Waals surface area contributed by atoms with Crippen LogP contribution in [-0.4, -0.2) is 24.8 Å². The molecule has 0 aliphatic carbocycles. The fraction of sp³-hybridized carbons (Fsp3) is 0.533. The van der Waals surface area contributed by atoms with Crippen molar-refractivity contribution >= 4 is 16.4 Å². The number of rotatable bonds is 5. The lowest BCUT2D eigenvalue weighted by Crippen LogP contribution is -2.33. The highest BCUT2D eigenvalue weighted by Gasteiger charge is 2.28. The SMILES string of the molecule is C=S(C)c1ccc(C(C)(C)C(C)OCC)cc1. The van der Waals surface area contributed by atoms with E-state index in [2.05, 4.69) is 57.2 Å². The molecule has 2 heteroatoms. The van der Waals surface area contributed by atoms with Gasteiger partial charge in [-0.3, -0.25) is 0 Å². The summed E-state index contributed by atoms with van der Waals surface area (Å²) in [6, 6.07) is 8.79. The Morgan fingerprint density at radius 2 is 1.82 bits per heavy atom. The molecular weight excluding hydrogens is 228 g/mol. The van der Waals surface area contributed by atoms with Gasteiger partial charge in [-0.2, -0.15) is 10.5 Å². The summed E-state index contributed by atoms with van der Waals surface area (Å²) < 4.78 is 5.73. The minimum atomic E-state index is 0.0437. The van der Waals surface area contributed by atoms with Gasteiger partial charge < -0.3 is 4.74 Å². The van der Waals surface area contributed by atoms with Gasteiger partial charge in [-0.15, -0.1) is 0 Å². The van der Waals surface area contributed by atoms with Crippen molar-refractivity contribution in [1.29, 1.82) is 0 Å². The Bertz CT molecular complexity index is 378. The van der Waals surface area contributed by atoms with Gasteiger partial charge in [0, 0.05) is 16.9 Å². The summed E-state index contributed by atoms with van der Waals surface area (Å²) in [5, 5.41) is 0. The van der Waals surface area contributed by atoms with Gasteiger partial charge in [0.15, 0.2) is 0 Å². The summed E-state index contributed by atoms with van der Waals surface area (Å²) >= 11 is 0. The van der Waals surface area contributed by atoms with E-state index in [4.69, 9.17) is 4.74 Å². The minimum absolute atomic E-state index is 0.0437. The average Bonchev–Trinajstić information content (AvgIpc) is 2.29. The molecule has 0 aliphatic rings. The van der Waals surface area contributed by atoms with Crippen LogP contribution >= 0.6 is 10.5 Å². The summed E-state index contributed by atoms with van der Waals surface area (Å²) in [5.41, 5.74) is 1.37. The van der Waals surface area contributed by atoms with Crippen molar-refractivity contribution < 1.29 is 4.74 Å². The largest absolute Gasteiger partial charge is 0.378 e. The zero-order valence-electron chi connectivity index (χ0n) is 11.6. The maximum atomic E-state index is 5.73. The van der Waals surface area contributed by atoms with Crippen LogP contribution in [-0.2, 0) is 10.2 Å². The molecule has 0 bridgehead atoms. The molecule has 0 saturated carbocycles. The van der Waals surface area contributed by atoms with Gasteiger partial charge in [0.05, 0.1) is 6.10 Å². The second-order valence-corrected chi connectivity index (χ2v) is 6.73. The molecule has 1 aromatic carbocycles. The van der Waals surface area contributed by atoms with E-state index in [1.807, 2.05) is 6.92 Å². The highest BCUT2D eigenvalue weighted by atomic mass is 32.2. The number of benzene rings is 1. The number of ether oxygens (including phenoxy) is 1. The van der Waals surface area contributed by atoms with Gasteiger partial charge in [0.25, 0.3) is 0 Å². The predicted octanol–water partition coefficient (Wildman–Crippen LogP) is 4.08. The van der Waals surface area contributed by atoms with Crippen LogP contribution in [0.15, 0.2) is 29.2 Å². The Labute approximate surface area is 108 Å². The molecular formula is C15H24OS. The van der Waals surface area contributed by atoms with Gasteiger partial charge in [0.2, 0.25) is 0 Å². The molecule has 96 valence electrons. The normalized spacial score (nSPS) is 15.6. The Morgan fingerprint density at radius 1 is 1.29 bits per heavy atom. The van der Waals surface area contributed by atoms with Crippen LogP contribution in [0.1, 0.15) is 33.3 Å². The smallest absolute Gasteiger partial charge is 0.0638 e. The van der Waals surface area contributed by atoms with Crippen molar-refractivity contribution in [2.75, 3.05) is 12.9 Å². The van der Waals surface area contributed by atoms with Crippen LogP contribution in [0.25, 0.3) is 0 Å². The molecule has 0 radical (unpaired) electrons. The van der Waals surface area contributed by atoms with Crippen molar-refractivity contribution in [3.05, 3.63) is 29.8 Å². The Hall–Kier alpha value is -0.600. The lowest BCUT2D eigenvalue weighted by atomic mass is 9.80. The van der Waals surface area contributed by atoms with E-state index in [-0.39, 0.29) is 22.0 Å². The van der Waals surface area contributed by atoms with Crippen LogP contribution in [0, 0.1) is 0 Å². The topological polar surface area (TPSA) is 9.23 Å². The highest BCUT2D eigenvalue weighted by molar-refractivity contribution is 8.13. The molecule has 0 heterocycles. The lowest BCUT2D eigenvalue weighted by molar-refractivity contribution is 0.0276. The Balaban J connectivity index is 2.95. The molecule has 2 unspecified atom stereocenters. The first kappa shape index (κ1) is 14.5. The van der Waals surface area contributed by atoms with Crippen LogP contribution in [0.4, 0.5) is 0 Å². The third-order valence-electron chi connectivity index (χ3n) is 3.43. The average molecular weight is 252 g/mol. The maximum absolute atomic E-state index is 5.73. The maximum Gasteiger partial charge on any atom is 0.0638 e. The first-order valence-corrected chi connectivity index (χ1v) is 7.87. The molecule has 0 fully saturated rings. The van der Waals surface area contributed by atoms with Crippen molar-refractivity contribution in [2.45, 2.75) is 44.1 Å². The molecule has 1 rings (SSSR count). The third-order valence-corrected chi connectivity index (χ3v) is 4.51. The van der Waals surface area contributed by atoms with E-state index in [0.717, 1.165) is 6.61 Å². The summed E-state index contributed by atoms with van der Waals surface area (Å²) in [7, 11) is 0.0906. The second-order valence-electron chi connectivity index (χ2n) is 4.98. The van der Waals surface area contributed by atoms with E-state index in [9.17, 15) is 0 Å². The van der Waals surface area contributed by atoms with Crippen LogP contribution in [0.5, 0.6) is 0 Å². The van der Waals surface area contributed by atoms with Crippen molar-refractivity contribution in [2.24, 2.45) is 0 Å². The number of hydrogen-bond acceptors (Lipinski definition) is 1. The fourth-order valence-corrected chi connectivity index (χ4v) is 2.41. The van der Waals surface area contributed by atoms with Crippen molar-refractivity contribution in [3.63, 3.8) is 0 Å². The van der Waals surface area contributed by atoms with Gasteiger partial charge in [-0.25, -0.2) is 0 Å². The molecule has 1 aromatic rings. The highest BCUT2D eigenvalue weighted by Crippen LogP contribution is 2.31. The van der Waals surface area contributed by atoms with Gasteiger partial charge in [-0.1, -0.05) is 31.9 Å². The van der Waals surface area contributed by atoms with Gasteiger partial charge >= 0.3 is 0 Å². The molecule has 2 atom stereocenters. The van der Waals surface area contributed by atoms with E-state index < -0.39 is 0 Å². The predicted molar refractivity (Wildman–Crippen MR) is 79.5 cm³/mol. The third kappa shape index (κ3) is 3.43. The standard InChI is InChI=1S/C15H24OS/c1-7-16-12(2)15(3,4)13-8-10-14(11-9-13)17(5)6/h8-12H,5,7H2,1-4,6H3. The second kappa shape index (κ2) is 5.83. The molecule has 0 amide bonds. The summed E-state index contributed by atoms with van der Waals surface area (Å²) in [5.74, 6) is 4.07. The molecule has 0 spiro atoms. The lowest BCUT2D eigenvalue weighted by Gasteiger charge is -2.32. The van der Waals surface area contributed by atoms with E-state index in [1.54, 1.807) is 0 Å². The molecule has 0 aromatic heterocycles. The zero-order valence-corrected chi connectivity index (χ0v) is 12.4. The van der Waals surface area contributed by atoms with Crippen LogP contribution in [0.2, 0.25) is 0 Å². The number of hydrogen-bond donors (Lipinski definition) is 0. The Morgan fingerprint density at radius 3 is 2.24 bits per heavy atom. The van der Waals surface area contributed by atoms with Crippen LogP contribution < -0.4 is 0 Å². The van der Waals surface area contributed by atoms with E-state index in [1.165, 1.54) is 10.5 Å². The zero-order chi connectivity index (χ0) is 13.1. The van der Waals surface area contributed by atoms with E-state index >= 15 is 0 Å². The molecule has 0 N–H and O–H groups in total. The minimum Gasteiger partial charge on any atom is -0.378 e. The molecule has 0 saturated heterocycles. The summed E-state index contributed by atoms with van der Waals surface area (Å²) in [6.07, 6.45) is 2.36. The van der Waals surface area contributed by atoms with Gasteiger partial charge in [0.1, 0.15) is 0 Å². The summed E-state index contributed by atoms with van der Waals surface area (Å²) in [4.78, 5) is 1.31. The first-order valence-electron chi connectivity index (χ1n) is 6.07.